The Kier molecular flexibility index (Phi) is 4.44. The SMILES string of the molecule is O=C(CSc1nnc(N2CCCC2)n1C1CC1)Nc1cccc2nsnc12. The van der Waals surface area contributed by atoms with E-state index in [1.807, 2.05) is 18.2 Å². The summed E-state index contributed by atoms with van der Waals surface area (Å²) >= 11 is 2.60. The molecule has 2 fully saturated rings. The number of benzene rings is 1. The van der Waals surface area contributed by atoms with Crippen molar-refractivity contribution in [1.29, 1.82) is 0 Å². The molecule has 2 aliphatic rings. The van der Waals surface area contributed by atoms with Crippen molar-refractivity contribution in [2.24, 2.45) is 0 Å². The number of aromatic nitrogens is 5. The van der Waals surface area contributed by atoms with Crippen LogP contribution in [0.3, 0.4) is 0 Å². The van der Waals surface area contributed by atoms with Crippen LogP contribution >= 0.6 is 23.5 Å². The first-order chi connectivity index (χ1) is 13.3. The van der Waals surface area contributed by atoms with Gasteiger partial charge in [0.15, 0.2) is 5.16 Å². The van der Waals surface area contributed by atoms with Gasteiger partial charge in [-0.15, -0.1) is 10.2 Å². The fourth-order valence-electron chi connectivity index (χ4n) is 3.38. The zero-order valence-electron chi connectivity index (χ0n) is 14.7. The van der Waals surface area contributed by atoms with Gasteiger partial charge >= 0.3 is 0 Å². The van der Waals surface area contributed by atoms with Gasteiger partial charge in [0, 0.05) is 19.1 Å². The maximum absolute atomic E-state index is 12.5. The van der Waals surface area contributed by atoms with Gasteiger partial charge in [-0.1, -0.05) is 17.8 Å². The van der Waals surface area contributed by atoms with Gasteiger partial charge in [-0.3, -0.25) is 9.36 Å². The van der Waals surface area contributed by atoms with Gasteiger partial charge in [0.05, 0.1) is 23.2 Å². The summed E-state index contributed by atoms with van der Waals surface area (Å²) < 4.78 is 10.7. The molecule has 1 aliphatic carbocycles. The molecular weight excluding hydrogens is 382 g/mol. The molecule has 8 nitrogen and oxygen atoms in total. The molecule has 2 aromatic heterocycles. The van der Waals surface area contributed by atoms with Crippen LogP contribution < -0.4 is 10.2 Å². The van der Waals surface area contributed by atoms with Gasteiger partial charge < -0.3 is 10.2 Å². The number of thioether (sulfide) groups is 1. The van der Waals surface area contributed by atoms with Gasteiger partial charge in [0.2, 0.25) is 11.9 Å². The fourth-order valence-corrected chi connectivity index (χ4v) is 4.73. The molecule has 3 heterocycles. The number of fused-ring (bicyclic) bond motifs is 1. The molecule has 10 heteroatoms. The van der Waals surface area contributed by atoms with Gasteiger partial charge in [-0.2, -0.15) is 8.75 Å². The molecule has 1 amide bonds. The van der Waals surface area contributed by atoms with Crippen LogP contribution in [0.1, 0.15) is 31.7 Å². The molecule has 0 atom stereocenters. The summed E-state index contributed by atoms with van der Waals surface area (Å²) in [6.45, 7) is 2.09. The van der Waals surface area contributed by atoms with Gasteiger partial charge in [0.1, 0.15) is 11.0 Å². The molecule has 0 radical (unpaired) electrons. The quantitative estimate of drug-likeness (QED) is 0.635. The second-order valence-electron chi connectivity index (χ2n) is 6.85. The number of hydrogen-bond acceptors (Lipinski definition) is 8. The lowest BCUT2D eigenvalue weighted by atomic mass is 10.2. The first-order valence-electron chi connectivity index (χ1n) is 9.13. The van der Waals surface area contributed by atoms with Crippen molar-refractivity contribution in [1.82, 2.24) is 23.5 Å². The lowest BCUT2D eigenvalue weighted by Gasteiger charge is -2.17. The molecule has 3 aromatic rings. The van der Waals surface area contributed by atoms with Crippen LogP contribution in [0, 0.1) is 0 Å². The summed E-state index contributed by atoms with van der Waals surface area (Å²) in [7, 11) is 0. The minimum Gasteiger partial charge on any atom is -0.341 e. The number of amides is 1. The standard InChI is InChI=1S/C17H19N7OS2/c25-14(18-12-4-3-5-13-15(12)22-27-21-13)10-26-17-20-19-16(23-8-1-2-9-23)24(17)11-6-7-11/h3-5,11H,1-2,6-10H2,(H,18,25). The monoisotopic (exact) mass is 401 g/mol. The average Bonchev–Trinajstić information content (AvgIpc) is 3.09. The predicted molar refractivity (Wildman–Crippen MR) is 107 cm³/mol. The maximum Gasteiger partial charge on any atom is 0.234 e. The minimum absolute atomic E-state index is 0.0754. The zero-order chi connectivity index (χ0) is 18.2. The lowest BCUT2D eigenvalue weighted by molar-refractivity contribution is -0.113. The normalized spacial score (nSPS) is 17.0. The van der Waals surface area contributed by atoms with Crippen molar-refractivity contribution < 1.29 is 4.79 Å². The van der Waals surface area contributed by atoms with Crippen LogP contribution in [0.4, 0.5) is 11.6 Å². The van der Waals surface area contributed by atoms with E-state index in [1.54, 1.807) is 0 Å². The van der Waals surface area contributed by atoms with E-state index in [2.05, 4.69) is 33.7 Å². The summed E-state index contributed by atoms with van der Waals surface area (Å²) in [4.78, 5) is 14.8. The zero-order valence-corrected chi connectivity index (χ0v) is 16.3. The molecule has 1 aliphatic heterocycles. The number of carbonyl (C=O) groups is 1. The molecule has 1 N–H and O–H groups in total. The fraction of sp³-hybridized carbons (Fsp3) is 0.471. The Morgan fingerprint density at radius 2 is 2.07 bits per heavy atom. The summed E-state index contributed by atoms with van der Waals surface area (Å²) in [6.07, 6.45) is 4.74. The Morgan fingerprint density at radius 3 is 2.89 bits per heavy atom. The van der Waals surface area contributed by atoms with Gasteiger partial charge in [-0.25, -0.2) is 0 Å². The van der Waals surface area contributed by atoms with Crippen molar-refractivity contribution in [3.8, 4) is 0 Å². The van der Waals surface area contributed by atoms with E-state index in [9.17, 15) is 4.79 Å². The number of rotatable bonds is 6. The molecule has 1 saturated heterocycles. The molecule has 0 spiro atoms. The Labute approximate surface area is 164 Å². The van der Waals surface area contributed by atoms with Crippen LogP contribution in [-0.2, 0) is 4.79 Å². The second kappa shape index (κ2) is 7.08. The molecule has 5 rings (SSSR count). The van der Waals surface area contributed by atoms with Crippen LogP contribution in [-0.4, -0.2) is 48.3 Å². The lowest BCUT2D eigenvalue weighted by Crippen LogP contribution is -2.22. The maximum atomic E-state index is 12.5. The third-order valence-corrected chi connectivity index (χ3v) is 6.33. The highest BCUT2D eigenvalue weighted by Gasteiger charge is 2.32. The Hall–Kier alpha value is -2.20. The van der Waals surface area contributed by atoms with E-state index in [-0.39, 0.29) is 5.91 Å². The minimum atomic E-state index is -0.0754. The van der Waals surface area contributed by atoms with E-state index >= 15 is 0 Å². The van der Waals surface area contributed by atoms with Crippen LogP contribution in [0.5, 0.6) is 0 Å². The van der Waals surface area contributed by atoms with Crippen LogP contribution in [0.25, 0.3) is 11.0 Å². The summed E-state index contributed by atoms with van der Waals surface area (Å²) in [5.41, 5.74) is 2.24. The Morgan fingerprint density at radius 1 is 1.22 bits per heavy atom. The number of anilines is 2. The van der Waals surface area contributed by atoms with E-state index in [0.29, 0.717) is 17.5 Å². The van der Waals surface area contributed by atoms with E-state index < -0.39 is 0 Å². The third-order valence-electron chi connectivity index (χ3n) is 4.84. The van der Waals surface area contributed by atoms with Gasteiger partial charge in [-0.05, 0) is 37.8 Å². The number of nitrogens with one attached hydrogen (secondary N) is 1. The molecular formula is C17H19N7OS2. The Balaban J connectivity index is 1.28. The second-order valence-corrected chi connectivity index (χ2v) is 8.32. The first-order valence-corrected chi connectivity index (χ1v) is 10.8. The van der Waals surface area contributed by atoms with Crippen LogP contribution in [0.2, 0.25) is 0 Å². The molecule has 1 saturated carbocycles. The van der Waals surface area contributed by atoms with Crippen molar-refractivity contribution in [3.05, 3.63) is 18.2 Å². The molecule has 0 unspecified atom stereocenters. The van der Waals surface area contributed by atoms with Crippen LogP contribution in [0.15, 0.2) is 23.4 Å². The number of hydrogen-bond donors (Lipinski definition) is 1. The van der Waals surface area contributed by atoms with Crippen molar-refractivity contribution in [2.45, 2.75) is 36.9 Å². The smallest absolute Gasteiger partial charge is 0.234 e. The topological polar surface area (TPSA) is 88.8 Å². The molecule has 140 valence electrons. The third kappa shape index (κ3) is 3.39. The highest BCUT2D eigenvalue weighted by Crippen LogP contribution is 2.41. The molecule has 1 aromatic carbocycles. The summed E-state index contributed by atoms with van der Waals surface area (Å²) in [5.74, 6) is 1.18. The predicted octanol–water partition coefficient (Wildman–Crippen LogP) is 2.95. The van der Waals surface area contributed by atoms with Gasteiger partial charge in [0.25, 0.3) is 0 Å². The summed E-state index contributed by atoms with van der Waals surface area (Å²) in [5, 5.41) is 12.6. The average molecular weight is 402 g/mol. The molecule has 0 bridgehead atoms. The first kappa shape index (κ1) is 16.9. The highest BCUT2D eigenvalue weighted by molar-refractivity contribution is 7.99. The number of carbonyl (C=O) groups excluding carboxylic acids is 1. The van der Waals surface area contributed by atoms with Crippen molar-refractivity contribution in [3.63, 3.8) is 0 Å². The number of nitrogens with zero attached hydrogens (tertiary/aromatic N) is 6. The van der Waals surface area contributed by atoms with Crippen molar-refractivity contribution >= 4 is 52.1 Å². The van der Waals surface area contributed by atoms with Crippen molar-refractivity contribution in [2.75, 3.05) is 29.1 Å². The summed E-state index contributed by atoms with van der Waals surface area (Å²) in [6, 6.07) is 6.10. The van der Waals surface area contributed by atoms with E-state index in [0.717, 1.165) is 59.8 Å². The molecule has 27 heavy (non-hydrogen) atoms. The Bertz CT molecular complexity index is 975. The van der Waals surface area contributed by atoms with E-state index in [1.165, 1.54) is 24.6 Å². The largest absolute Gasteiger partial charge is 0.341 e. The highest BCUT2D eigenvalue weighted by atomic mass is 32.2. The van der Waals surface area contributed by atoms with E-state index in [4.69, 9.17) is 0 Å².